The minimum absolute atomic E-state index is 0. The maximum atomic E-state index is 11.3. The molecule has 0 bridgehead atoms. The van der Waals surface area contributed by atoms with E-state index in [2.05, 4.69) is 6.92 Å². The third kappa shape index (κ3) is 15.7. The molecule has 4 nitrogen and oxygen atoms in total. The van der Waals surface area contributed by atoms with Crippen molar-refractivity contribution in [2.75, 3.05) is 0 Å². The van der Waals surface area contributed by atoms with Crippen LogP contribution in [0.25, 0.3) is 0 Å². The summed E-state index contributed by atoms with van der Waals surface area (Å²) in [5.74, 6) is 0. The predicted molar refractivity (Wildman–Crippen MR) is 95.5 cm³/mol. The normalized spacial score (nSPS) is 14.2. The fraction of sp³-hybridized carbons (Fsp3) is 1.00. The second-order valence-corrected chi connectivity index (χ2v) is 8.30. The summed E-state index contributed by atoms with van der Waals surface area (Å²) in [6, 6.07) is 0. The number of aliphatic hydroxyl groups is 1. The minimum atomic E-state index is -4.40. The van der Waals surface area contributed by atoms with Crippen molar-refractivity contribution < 1.29 is 69.5 Å². The average Bonchev–Trinajstić information content (AvgIpc) is 2.49. The molecule has 0 spiro atoms. The summed E-state index contributed by atoms with van der Waals surface area (Å²) in [6.45, 7) is 4.20. The van der Waals surface area contributed by atoms with Crippen LogP contribution in [0.2, 0.25) is 0 Å². The standard InChI is InChI=1S/C18H38O4S.K/c1-3-5-7-8-9-10-11-12-13-14-16-18(23(20,21)22)17(19)15-6-4-2;/h17-19H,3-16H2,1-2H3,(H,20,21,22);/q;+1/p-1. The van der Waals surface area contributed by atoms with E-state index in [0.29, 0.717) is 19.3 Å². The molecule has 0 rings (SSSR count). The zero-order valence-corrected chi connectivity index (χ0v) is 20.1. The van der Waals surface area contributed by atoms with E-state index < -0.39 is 21.5 Å². The Hall–Kier alpha value is 1.51. The largest absolute Gasteiger partial charge is 1.00 e. The van der Waals surface area contributed by atoms with Crippen LogP contribution in [0.3, 0.4) is 0 Å². The molecule has 0 amide bonds. The van der Waals surface area contributed by atoms with Gasteiger partial charge in [0, 0.05) is 0 Å². The van der Waals surface area contributed by atoms with Crippen molar-refractivity contribution in [2.24, 2.45) is 0 Å². The number of hydrogen-bond donors (Lipinski definition) is 1. The van der Waals surface area contributed by atoms with E-state index in [0.717, 1.165) is 25.7 Å². The molecular weight excluding hydrogens is 351 g/mol. The molecule has 0 saturated carbocycles. The molecule has 2 atom stereocenters. The van der Waals surface area contributed by atoms with E-state index in [1.165, 1.54) is 44.9 Å². The maximum absolute atomic E-state index is 11.3. The Morgan fingerprint density at radius 3 is 1.58 bits per heavy atom. The van der Waals surface area contributed by atoms with Crippen molar-refractivity contribution in [3.8, 4) is 0 Å². The summed E-state index contributed by atoms with van der Waals surface area (Å²) in [5, 5.41) is 8.82. The fourth-order valence-electron chi connectivity index (χ4n) is 2.96. The van der Waals surface area contributed by atoms with Crippen LogP contribution in [-0.2, 0) is 10.1 Å². The Kier molecular flexibility index (Phi) is 20.7. The second kappa shape index (κ2) is 17.9. The van der Waals surface area contributed by atoms with Crippen LogP contribution in [0.4, 0.5) is 0 Å². The maximum Gasteiger partial charge on any atom is 1.00 e. The zero-order chi connectivity index (χ0) is 17.6. The van der Waals surface area contributed by atoms with Crippen molar-refractivity contribution >= 4 is 10.1 Å². The van der Waals surface area contributed by atoms with Gasteiger partial charge in [-0.25, -0.2) is 8.42 Å². The molecule has 24 heavy (non-hydrogen) atoms. The van der Waals surface area contributed by atoms with Crippen LogP contribution in [0.15, 0.2) is 0 Å². The molecule has 140 valence electrons. The minimum Gasteiger partial charge on any atom is -0.748 e. The molecule has 6 heteroatoms. The average molecular weight is 389 g/mol. The molecule has 0 aromatic heterocycles. The summed E-state index contributed by atoms with van der Waals surface area (Å²) in [4.78, 5) is 0. The van der Waals surface area contributed by atoms with Gasteiger partial charge in [-0.2, -0.15) is 0 Å². The van der Waals surface area contributed by atoms with E-state index in [-0.39, 0.29) is 51.4 Å². The smallest absolute Gasteiger partial charge is 0.748 e. The van der Waals surface area contributed by atoms with Crippen molar-refractivity contribution in [3.05, 3.63) is 0 Å². The van der Waals surface area contributed by atoms with Crippen LogP contribution in [0, 0.1) is 0 Å². The van der Waals surface area contributed by atoms with Crippen LogP contribution in [0.5, 0.6) is 0 Å². The summed E-state index contributed by atoms with van der Waals surface area (Å²) < 4.78 is 33.9. The molecule has 0 saturated heterocycles. The Bertz CT molecular complexity index is 360. The molecule has 0 aliphatic rings. The summed E-state index contributed by atoms with van der Waals surface area (Å²) in [5.41, 5.74) is 0. The fourth-order valence-corrected chi connectivity index (χ4v) is 3.94. The van der Waals surface area contributed by atoms with Crippen LogP contribution in [0.1, 0.15) is 104 Å². The molecule has 1 N–H and O–H groups in total. The van der Waals surface area contributed by atoms with E-state index in [4.69, 9.17) is 0 Å². The first-order valence-electron chi connectivity index (χ1n) is 9.56. The van der Waals surface area contributed by atoms with Crippen LogP contribution < -0.4 is 51.4 Å². The van der Waals surface area contributed by atoms with Gasteiger partial charge < -0.3 is 9.66 Å². The molecule has 2 unspecified atom stereocenters. The van der Waals surface area contributed by atoms with Gasteiger partial charge in [0.1, 0.15) is 10.1 Å². The van der Waals surface area contributed by atoms with Gasteiger partial charge in [-0.15, -0.1) is 0 Å². The number of rotatable bonds is 16. The molecule has 0 aromatic carbocycles. The van der Waals surface area contributed by atoms with Crippen molar-refractivity contribution in [3.63, 3.8) is 0 Å². The van der Waals surface area contributed by atoms with Crippen LogP contribution in [-0.4, -0.2) is 29.4 Å². The zero-order valence-electron chi connectivity index (χ0n) is 16.1. The van der Waals surface area contributed by atoms with E-state index >= 15 is 0 Å². The summed E-state index contributed by atoms with van der Waals surface area (Å²) in [7, 11) is -4.40. The molecule has 0 heterocycles. The number of aliphatic hydroxyl groups excluding tert-OH is 1. The van der Waals surface area contributed by atoms with Crippen LogP contribution >= 0.6 is 0 Å². The first-order valence-corrected chi connectivity index (χ1v) is 11.0. The Morgan fingerprint density at radius 2 is 1.17 bits per heavy atom. The first-order chi connectivity index (χ1) is 10.9. The Morgan fingerprint density at radius 1 is 0.750 bits per heavy atom. The Balaban J connectivity index is 0. The topological polar surface area (TPSA) is 77.4 Å². The van der Waals surface area contributed by atoms with Crippen molar-refractivity contribution in [1.82, 2.24) is 0 Å². The predicted octanol–water partition coefficient (Wildman–Crippen LogP) is 1.77. The van der Waals surface area contributed by atoms with E-state index in [9.17, 15) is 18.1 Å². The quantitative estimate of drug-likeness (QED) is 0.248. The second-order valence-electron chi connectivity index (χ2n) is 6.71. The SMILES string of the molecule is CCCCCCCCCCCCC(C(O)CCCC)S(=O)(=O)[O-].[K+]. The molecule has 0 aliphatic heterocycles. The van der Waals surface area contributed by atoms with Gasteiger partial charge in [0.2, 0.25) is 0 Å². The summed E-state index contributed by atoms with van der Waals surface area (Å²) >= 11 is 0. The van der Waals surface area contributed by atoms with Gasteiger partial charge in [-0.1, -0.05) is 90.9 Å². The van der Waals surface area contributed by atoms with Gasteiger partial charge >= 0.3 is 51.4 Å². The van der Waals surface area contributed by atoms with Crippen molar-refractivity contribution in [1.29, 1.82) is 0 Å². The van der Waals surface area contributed by atoms with E-state index in [1.54, 1.807) is 0 Å². The van der Waals surface area contributed by atoms with E-state index in [1.807, 2.05) is 6.92 Å². The van der Waals surface area contributed by atoms with Gasteiger partial charge in [0.15, 0.2) is 0 Å². The van der Waals surface area contributed by atoms with Gasteiger partial charge in [-0.3, -0.25) is 0 Å². The third-order valence-corrected chi connectivity index (χ3v) is 5.79. The van der Waals surface area contributed by atoms with Gasteiger partial charge in [0.05, 0.1) is 11.4 Å². The van der Waals surface area contributed by atoms with Crippen molar-refractivity contribution in [2.45, 2.75) is 115 Å². The Labute approximate surface area is 192 Å². The molecule has 0 aliphatic carbocycles. The monoisotopic (exact) mass is 388 g/mol. The molecule has 0 aromatic rings. The number of unbranched alkanes of at least 4 members (excludes halogenated alkanes) is 10. The first kappa shape index (κ1) is 27.7. The summed E-state index contributed by atoms with van der Waals surface area (Å²) in [6.07, 6.45) is 13.0. The van der Waals surface area contributed by atoms with Gasteiger partial charge in [-0.05, 0) is 12.8 Å². The van der Waals surface area contributed by atoms with Gasteiger partial charge in [0.25, 0.3) is 0 Å². The number of hydrogen-bond acceptors (Lipinski definition) is 4. The molecular formula is C18H37KO4S. The third-order valence-electron chi connectivity index (χ3n) is 4.50. The molecule has 0 radical (unpaired) electrons. The molecule has 0 fully saturated rings.